The predicted molar refractivity (Wildman–Crippen MR) is 79.8 cm³/mol. The van der Waals surface area contributed by atoms with Gasteiger partial charge < -0.3 is 16.0 Å². The molecule has 1 aliphatic carbocycles. The van der Waals surface area contributed by atoms with Gasteiger partial charge in [-0.2, -0.15) is 5.10 Å². The molecule has 1 saturated carbocycles. The van der Waals surface area contributed by atoms with Crippen molar-refractivity contribution in [1.29, 1.82) is 0 Å². The molecule has 0 spiro atoms. The van der Waals surface area contributed by atoms with E-state index in [4.69, 9.17) is 5.73 Å². The van der Waals surface area contributed by atoms with Crippen LogP contribution in [0.2, 0.25) is 0 Å². The van der Waals surface area contributed by atoms with E-state index in [1.807, 2.05) is 13.8 Å². The van der Waals surface area contributed by atoms with Gasteiger partial charge in [0.2, 0.25) is 5.91 Å². The van der Waals surface area contributed by atoms with Crippen LogP contribution in [0.25, 0.3) is 0 Å². The second-order valence-corrected chi connectivity index (χ2v) is 5.38. The van der Waals surface area contributed by atoms with E-state index >= 15 is 0 Å². The molecule has 0 aliphatic heterocycles. The van der Waals surface area contributed by atoms with Crippen LogP contribution in [0.15, 0.2) is 0 Å². The lowest BCUT2D eigenvalue weighted by molar-refractivity contribution is -0.132. The molecule has 1 heterocycles. The van der Waals surface area contributed by atoms with Crippen LogP contribution in [0.1, 0.15) is 55.7 Å². The van der Waals surface area contributed by atoms with Crippen molar-refractivity contribution in [2.24, 2.45) is 0 Å². The smallest absolute Gasteiger partial charge is 0.274 e. The van der Waals surface area contributed by atoms with Gasteiger partial charge in [-0.1, -0.05) is 0 Å². The van der Waals surface area contributed by atoms with E-state index in [2.05, 4.69) is 15.5 Å². The fourth-order valence-electron chi connectivity index (χ4n) is 2.36. The van der Waals surface area contributed by atoms with Crippen LogP contribution in [0.5, 0.6) is 0 Å². The topological polar surface area (TPSA) is 104 Å². The van der Waals surface area contributed by atoms with Crippen LogP contribution in [-0.2, 0) is 4.79 Å². The van der Waals surface area contributed by atoms with Gasteiger partial charge >= 0.3 is 0 Å². The number of amides is 2. The summed E-state index contributed by atoms with van der Waals surface area (Å²) in [5, 5.41) is 9.49. The Hall–Kier alpha value is -2.05. The number of nitrogens with two attached hydrogens (primary N) is 1. The normalized spacial score (nSPS) is 15.6. The van der Waals surface area contributed by atoms with Crippen LogP contribution in [-0.4, -0.2) is 46.0 Å². The number of likely N-dealkylation sites (N-methyl/N-ethyl adjacent to an activating group) is 1. The van der Waals surface area contributed by atoms with Crippen molar-refractivity contribution >= 4 is 17.5 Å². The average molecular weight is 293 g/mol. The first kappa shape index (κ1) is 15.3. The van der Waals surface area contributed by atoms with Gasteiger partial charge in [0.05, 0.1) is 11.4 Å². The highest BCUT2D eigenvalue weighted by Crippen LogP contribution is 2.42. The lowest BCUT2D eigenvalue weighted by atomic mass is 10.2. The average Bonchev–Trinajstić information content (AvgIpc) is 3.22. The molecule has 0 saturated heterocycles. The highest BCUT2D eigenvalue weighted by Gasteiger charge is 2.31. The van der Waals surface area contributed by atoms with Gasteiger partial charge in [0.15, 0.2) is 5.69 Å². The van der Waals surface area contributed by atoms with Crippen LogP contribution in [0.4, 0.5) is 5.69 Å². The third-order valence-electron chi connectivity index (χ3n) is 3.83. The molecule has 0 bridgehead atoms. The molecule has 1 aromatic rings. The van der Waals surface area contributed by atoms with Gasteiger partial charge in [-0.3, -0.25) is 14.7 Å². The number of aromatic amines is 1. The van der Waals surface area contributed by atoms with Gasteiger partial charge in [0.1, 0.15) is 6.04 Å². The third kappa shape index (κ3) is 3.17. The highest BCUT2D eigenvalue weighted by molar-refractivity contribution is 6.00. The predicted octanol–water partition coefficient (Wildman–Crippen LogP) is 0.856. The molecular weight excluding hydrogens is 270 g/mol. The Morgan fingerprint density at radius 3 is 2.57 bits per heavy atom. The van der Waals surface area contributed by atoms with E-state index in [9.17, 15) is 9.59 Å². The fraction of sp³-hybridized carbons (Fsp3) is 0.643. The second kappa shape index (κ2) is 6.15. The number of aromatic nitrogens is 2. The zero-order valence-electron chi connectivity index (χ0n) is 12.8. The van der Waals surface area contributed by atoms with Crippen molar-refractivity contribution in [1.82, 2.24) is 20.4 Å². The molecule has 2 rings (SSSR count). The lowest BCUT2D eigenvalue weighted by Crippen LogP contribution is -2.47. The molecule has 7 nitrogen and oxygen atoms in total. The molecule has 4 N–H and O–H groups in total. The highest BCUT2D eigenvalue weighted by atomic mass is 16.2. The number of H-pyrrole nitrogens is 1. The van der Waals surface area contributed by atoms with E-state index in [0.717, 1.165) is 18.5 Å². The summed E-state index contributed by atoms with van der Waals surface area (Å²) >= 11 is 0. The monoisotopic (exact) mass is 293 g/mol. The largest absolute Gasteiger partial charge is 0.395 e. The molecule has 116 valence electrons. The summed E-state index contributed by atoms with van der Waals surface area (Å²) in [6.07, 6.45) is 2.15. The van der Waals surface area contributed by atoms with Gasteiger partial charge in [0, 0.05) is 19.0 Å². The van der Waals surface area contributed by atoms with E-state index in [1.165, 1.54) is 0 Å². The van der Waals surface area contributed by atoms with Crippen molar-refractivity contribution in [3.05, 3.63) is 11.4 Å². The van der Waals surface area contributed by atoms with Crippen molar-refractivity contribution in [2.75, 3.05) is 18.8 Å². The lowest BCUT2D eigenvalue weighted by Gasteiger charge is -2.23. The van der Waals surface area contributed by atoms with E-state index in [1.54, 1.807) is 11.8 Å². The number of carbonyl (C=O) groups is 2. The van der Waals surface area contributed by atoms with Gasteiger partial charge in [-0.15, -0.1) is 0 Å². The Bertz CT molecular complexity index is 531. The first-order valence-electron chi connectivity index (χ1n) is 7.42. The number of hydrogen-bond acceptors (Lipinski definition) is 4. The molecule has 1 unspecified atom stereocenters. The number of carbonyl (C=O) groups excluding carboxylic acids is 2. The second-order valence-electron chi connectivity index (χ2n) is 5.38. The van der Waals surface area contributed by atoms with Crippen LogP contribution >= 0.6 is 0 Å². The number of hydrogen-bond donors (Lipinski definition) is 3. The molecule has 1 aromatic heterocycles. The van der Waals surface area contributed by atoms with Crippen molar-refractivity contribution < 1.29 is 9.59 Å². The molecule has 1 atom stereocenters. The van der Waals surface area contributed by atoms with E-state index < -0.39 is 11.9 Å². The Balaban J connectivity index is 2.02. The standard InChI is InChI=1S/C14H23N5O2/c1-4-19(5-2)14(21)8(3)16-13(20)12-10(15)11(17-18-12)9-6-7-9/h8-9H,4-7,15H2,1-3H3,(H,16,20)(H,17,18). The number of nitrogens with zero attached hydrogens (tertiary/aromatic N) is 2. The Labute approximate surface area is 124 Å². The summed E-state index contributed by atoms with van der Waals surface area (Å²) in [5.41, 5.74) is 7.37. The third-order valence-corrected chi connectivity index (χ3v) is 3.83. The van der Waals surface area contributed by atoms with Gasteiger partial charge in [0.25, 0.3) is 5.91 Å². The zero-order chi connectivity index (χ0) is 15.6. The van der Waals surface area contributed by atoms with E-state index in [0.29, 0.717) is 24.7 Å². The summed E-state index contributed by atoms with van der Waals surface area (Å²) < 4.78 is 0. The number of nitrogens with one attached hydrogen (secondary N) is 2. The Morgan fingerprint density at radius 2 is 2.05 bits per heavy atom. The molecule has 1 fully saturated rings. The summed E-state index contributed by atoms with van der Waals surface area (Å²) in [4.78, 5) is 26.0. The minimum atomic E-state index is -0.599. The SMILES string of the molecule is CCN(CC)C(=O)C(C)NC(=O)c1n[nH]c(C2CC2)c1N. The molecule has 7 heteroatoms. The van der Waals surface area contributed by atoms with Gasteiger partial charge in [-0.05, 0) is 33.6 Å². The first-order chi connectivity index (χ1) is 9.99. The number of rotatable bonds is 6. The Kier molecular flexibility index (Phi) is 4.50. The summed E-state index contributed by atoms with van der Waals surface area (Å²) in [6.45, 7) is 6.72. The fourth-order valence-corrected chi connectivity index (χ4v) is 2.36. The molecule has 0 aromatic carbocycles. The van der Waals surface area contributed by atoms with Crippen molar-refractivity contribution in [3.63, 3.8) is 0 Å². The van der Waals surface area contributed by atoms with E-state index in [-0.39, 0.29) is 11.6 Å². The Morgan fingerprint density at radius 1 is 1.43 bits per heavy atom. The maximum absolute atomic E-state index is 12.2. The van der Waals surface area contributed by atoms with Crippen molar-refractivity contribution in [3.8, 4) is 0 Å². The van der Waals surface area contributed by atoms with Gasteiger partial charge in [-0.25, -0.2) is 0 Å². The summed E-state index contributed by atoms with van der Waals surface area (Å²) in [6, 6.07) is -0.599. The molecule has 1 aliphatic rings. The molecular formula is C14H23N5O2. The van der Waals surface area contributed by atoms with Crippen LogP contribution in [0, 0.1) is 0 Å². The minimum absolute atomic E-state index is 0.107. The number of anilines is 1. The first-order valence-corrected chi connectivity index (χ1v) is 7.42. The summed E-state index contributed by atoms with van der Waals surface area (Å²) in [7, 11) is 0. The van der Waals surface area contributed by atoms with Crippen LogP contribution < -0.4 is 11.1 Å². The molecule has 2 amide bonds. The summed E-state index contributed by atoms with van der Waals surface area (Å²) in [5.74, 6) is -0.123. The quantitative estimate of drug-likeness (QED) is 0.723. The molecule has 21 heavy (non-hydrogen) atoms. The molecule has 0 radical (unpaired) electrons. The van der Waals surface area contributed by atoms with Crippen LogP contribution in [0.3, 0.4) is 0 Å². The zero-order valence-corrected chi connectivity index (χ0v) is 12.8. The maximum atomic E-state index is 12.2. The van der Waals surface area contributed by atoms with Crippen molar-refractivity contribution in [2.45, 2.75) is 45.6 Å². The number of nitrogen functional groups attached to an aromatic ring is 1. The minimum Gasteiger partial charge on any atom is -0.395 e. The maximum Gasteiger partial charge on any atom is 0.274 e.